The number of benzene rings is 2. The van der Waals surface area contributed by atoms with Gasteiger partial charge in [-0.05, 0) is 48.7 Å². The van der Waals surface area contributed by atoms with Crippen LogP contribution in [0.4, 0.5) is 5.69 Å². The number of hydrogen-bond donors (Lipinski definition) is 2. The summed E-state index contributed by atoms with van der Waals surface area (Å²) in [5.41, 5.74) is 3.64. The van der Waals surface area contributed by atoms with Crippen LogP contribution in [0.2, 0.25) is 0 Å². The Hall–Kier alpha value is -1.37. The average molecular weight is 369 g/mol. The number of rotatable bonds is 4. The van der Waals surface area contributed by atoms with Gasteiger partial charge < -0.3 is 5.32 Å². The van der Waals surface area contributed by atoms with Crippen molar-refractivity contribution in [1.82, 2.24) is 0 Å². The molecule has 0 aliphatic heterocycles. The van der Waals surface area contributed by atoms with Gasteiger partial charge in [0.25, 0.3) is 0 Å². The lowest BCUT2D eigenvalue weighted by Crippen LogP contribution is -2.14. The highest BCUT2D eigenvalue weighted by molar-refractivity contribution is 9.10. The Labute approximate surface area is 133 Å². The van der Waals surface area contributed by atoms with E-state index in [4.69, 9.17) is 5.14 Å². The zero-order valence-electron chi connectivity index (χ0n) is 11.9. The topological polar surface area (TPSA) is 72.2 Å². The van der Waals surface area contributed by atoms with Crippen LogP contribution in [0, 0.1) is 13.8 Å². The number of aryl methyl sites for hydroxylation is 2. The Kier molecular flexibility index (Phi) is 4.70. The lowest BCUT2D eigenvalue weighted by molar-refractivity contribution is 0.597. The number of halogens is 1. The quantitative estimate of drug-likeness (QED) is 0.869. The van der Waals surface area contributed by atoms with Crippen LogP contribution in [-0.2, 0) is 16.6 Å². The first-order valence-electron chi connectivity index (χ1n) is 6.40. The van der Waals surface area contributed by atoms with Crippen molar-refractivity contribution in [3.63, 3.8) is 0 Å². The molecule has 3 N–H and O–H groups in total. The molecule has 0 radical (unpaired) electrons. The molecule has 0 aromatic heterocycles. The molecule has 21 heavy (non-hydrogen) atoms. The van der Waals surface area contributed by atoms with E-state index in [1.165, 1.54) is 0 Å². The van der Waals surface area contributed by atoms with Crippen LogP contribution in [0.25, 0.3) is 0 Å². The van der Waals surface area contributed by atoms with Gasteiger partial charge in [0, 0.05) is 16.7 Å². The lowest BCUT2D eigenvalue weighted by Gasteiger charge is -2.10. The summed E-state index contributed by atoms with van der Waals surface area (Å²) in [6.07, 6.45) is 0. The van der Waals surface area contributed by atoms with Crippen molar-refractivity contribution in [2.24, 2.45) is 5.14 Å². The summed E-state index contributed by atoms with van der Waals surface area (Å²) in [6.45, 7) is 4.36. The molecular formula is C15H17BrN2O2S. The van der Waals surface area contributed by atoms with Gasteiger partial charge in [-0.15, -0.1) is 0 Å². The van der Waals surface area contributed by atoms with Crippen LogP contribution in [0.1, 0.15) is 16.7 Å². The minimum Gasteiger partial charge on any atom is -0.381 e. The van der Waals surface area contributed by atoms with E-state index < -0.39 is 10.0 Å². The molecule has 2 aromatic carbocycles. The minimum absolute atomic E-state index is 0.152. The number of hydrogen-bond acceptors (Lipinski definition) is 3. The second kappa shape index (κ2) is 6.17. The second-order valence-electron chi connectivity index (χ2n) is 4.96. The van der Waals surface area contributed by atoms with E-state index in [9.17, 15) is 8.42 Å². The van der Waals surface area contributed by atoms with Gasteiger partial charge in [0.05, 0.1) is 4.90 Å². The van der Waals surface area contributed by atoms with Crippen LogP contribution in [-0.4, -0.2) is 8.42 Å². The summed E-state index contributed by atoms with van der Waals surface area (Å²) in [4.78, 5) is 0.152. The molecule has 0 fully saturated rings. The molecule has 0 heterocycles. The molecule has 0 aliphatic rings. The fraction of sp³-hybridized carbons (Fsp3) is 0.200. The standard InChI is InChI=1S/C15H17BrN2O2S/c1-10-3-5-13(8-15(10)21(17,19)20)18-9-12-4-6-14(16)11(2)7-12/h3-8,18H,9H2,1-2H3,(H2,17,19,20). The molecule has 112 valence electrons. The predicted octanol–water partition coefficient (Wildman–Crippen LogP) is 3.33. The van der Waals surface area contributed by atoms with Crippen molar-refractivity contribution < 1.29 is 8.42 Å². The van der Waals surface area contributed by atoms with Gasteiger partial charge in [0.1, 0.15) is 0 Å². The van der Waals surface area contributed by atoms with Crippen molar-refractivity contribution in [2.45, 2.75) is 25.3 Å². The smallest absolute Gasteiger partial charge is 0.238 e. The van der Waals surface area contributed by atoms with E-state index >= 15 is 0 Å². The normalized spacial score (nSPS) is 11.4. The first-order chi connectivity index (χ1) is 9.77. The van der Waals surface area contributed by atoms with Crippen LogP contribution < -0.4 is 10.5 Å². The van der Waals surface area contributed by atoms with E-state index in [0.717, 1.165) is 21.3 Å². The number of nitrogens with one attached hydrogen (secondary N) is 1. The molecule has 6 heteroatoms. The van der Waals surface area contributed by atoms with Gasteiger partial charge in [-0.2, -0.15) is 0 Å². The number of nitrogens with two attached hydrogens (primary N) is 1. The van der Waals surface area contributed by atoms with E-state index in [0.29, 0.717) is 12.1 Å². The molecule has 0 saturated heterocycles. The summed E-state index contributed by atoms with van der Waals surface area (Å²) in [5, 5.41) is 8.42. The summed E-state index contributed by atoms with van der Waals surface area (Å²) >= 11 is 3.46. The fourth-order valence-corrected chi connectivity index (χ4v) is 3.09. The Morgan fingerprint density at radius 2 is 1.81 bits per heavy atom. The molecule has 0 bridgehead atoms. The molecule has 4 nitrogen and oxygen atoms in total. The zero-order chi connectivity index (χ0) is 15.6. The monoisotopic (exact) mass is 368 g/mol. The first kappa shape index (κ1) is 16.0. The molecule has 0 amide bonds. The van der Waals surface area contributed by atoms with E-state index in [1.54, 1.807) is 19.1 Å². The van der Waals surface area contributed by atoms with Crippen molar-refractivity contribution >= 4 is 31.6 Å². The van der Waals surface area contributed by atoms with Gasteiger partial charge >= 0.3 is 0 Å². The third-order valence-electron chi connectivity index (χ3n) is 3.21. The van der Waals surface area contributed by atoms with Gasteiger partial charge in [0.2, 0.25) is 10.0 Å². The van der Waals surface area contributed by atoms with E-state index in [1.807, 2.05) is 25.1 Å². The van der Waals surface area contributed by atoms with Crippen molar-refractivity contribution in [1.29, 1.82) is 0 Å². The molecule has 0 spiro atoms. The second-order valence-corrected chi connectivity index (χ2v) is 7.35. The molecule has 0 unspecified atom stereocenters. The van der Waals surface area contributed by atoms with Crippen LogP contribution in [0.15, 0.2) is 45.8 Å². The molecule has 2 rings (SSSR count). The maximum atomic E-state index is 11.5. The Bertz CT molecular complexity index is 773. The van der Waals surface area contributed by atoms with Crippen molar-refractivity contribution in [3.05, 3.63) is 57.6 Å². The number of sulfonamides is 1. The van der Waals surface area contributed by atoms with Crippen molar-refractivity contribution in [2.75, 3.05) is 5.32 Å². The SMILES string of the molecule is Cc1cc(CNc2ccc(C)c(S(N)(=O)=O)c2)ccc1Br. The lowest BCUT2D eigenvalue weighted by atomic mass is 10.1. The first-order valence-corrected chi connectivity index (χ1v) is 8.73. The largest absolute Gasteiger partial charge is 0.381 e. The van der Waals surface area contributed by atoms with Crippen LogP contribution in [0.5, 0.6) is 0 Å². The maximum Gasteiger partial charge on any atom is 0.238 e. The zero-order valence-corrected chi connectivity index (χ0v) is 14.3. The molecule has 2 aromatic rings. The maximum absolute atomic E-state index is 11.5. The summed E-state index contributed by atoms with van der Waals surface area (Å²) in [5.74, 6) is 0. The van der Waals surface area contributed by atoms with Crippen LogP contribution >= 0.6 is 15.9 Å². The number of anilines is 1. The Balaban J connectivity index is 2.19. The Morgan fingerprint density at radius 1 is 1.10 bits per heavy atom. The third-order valence-corrected chi connectivity index (χ3v) is 5.16. The summed E-state index contributed by atoms with van der Waals surface area (Å²) in [7, 11) is -3.70. The summed E-state index contributed by atoms with van der Waals surface area (Å²) < 4.78 is 24.1. The molecular weight excluding hydrogens is 352 g/mol. The van der Waals surface area contributed by atoms with Gasteiger partial charge in [-0.25, -0.2) is 13.6 Å². The van der Waals surface area contributed by atoms with Gasteiger partial charge in [-0.1, -0.05) is 34.1 Å². The van der Waals surface area contributed by atoms with E-state index in [-0.39, 0.29) is 4.90 Å². The van der Waals surface area contributed by atoms with E-state index in [2.05, 4.69) is 27.3 Å². The molecule has 0 atom stereocenters. The van der Waals surface area contributed by atoms with Crippen LogP contribution in [0.3, 0.4) is 0 Å². The summed E-state index contributed by atoms with van der Waals surface area (Å²) in [6, 6.07) is 11.2. The number of primary sulfonamides is 1. The highest BCUT2D eigenvalue weighted by Crippen LogP contribution is 2.21. The molecule has 0 saturated carbocycles. The molecule has 0 aliphatic carbocycles. The highest BCUT2D eigenvalue weighted by Gasteiger charge is 2.12. The van der Waals surface area contributed by atoms with Crippen molar-refractivity contribution in [3.8, 4) is 0 Å². The average Bonchev–Trinajstić information content (AvgIpc) is 2.40. The predicted molar refractivity (Wildman–Crippen MR) is 88.8 cm³/mol. The third kappa shape index (κ3) is 4.06. The highest BCUT2D eigenvalue weighted by atomic mass is 79.9. The fourth-order valence-electron chi connectivity index (χ4n) is 2.04. The minimum atomic E-state index is -3.70. The Morgan fingerprint density at radius 3 is 2.43 bits per heavy atom. The van der Waals surface area contributed by atoms with Gasteiger partial charge in [-0.3, -0.25) is 0 Å². The van der Waals surface area contributed by atoms with Gasteiger partial charge in [0.15, 0.2) is 0 Å².